The van der Waals surface area contributed by atoms with Gasteiger partial charge < -0.3 is 0 Å². The van der Waals surface area contributed by atoms with Crippen LogP contribution in [0.1, 0.15) is 11.3 Å². The summed E-state index contributed by atoms with van der Waals surface area (Å²) < 4.78 is 27.3. The minimum absolute atomic E-state index is 0.0482. The van der Waals surface area contributed by atoms with Gasteiger partial charge in [0.2, 0.25) is 9.84 Å². The van der Waals surface area contributed by atoms with Gasteiger partial charge in [-0.2, -0.15) is 10.4 Å². The number of aryl methyl sites for hydroxylation is 1. The monoisotopic (exact) mass is 485 g/mol. The number of halogens is 4. The molecule has 0 amide bonds. The second-order valence-corrected chi connectivity index (χ2v) is 9.40. The van der Waals surface area contributed by atoms with E-state index in [2.05, 4.69) is 5.10 Å². The molecule has 2 aromatic carbocycles. The van der Waals surface area contributed by atoms with Crippen molar-refractivity contribution in [1.29, 1.82) is 5.26 Å². The van der Waals surface area contributed by atoms with E-state index in [0.717, 1.165) is 6.08 Å². The average Bonchev–Trinajstić information content (AvgIpc) is 2.95. The molecule has 0 spiro atoms. The van der Waals surface area contributed by atoms with Crippen molar-refractivity contribution in [2.75, 3.05) is 0 Å². The Labute approximate surface area is 187 Å². The third-order valence-corrected chi connectivity index (χ3v) is 6.94. The van der Waals surface area contributed by atoms with E-state index in [-0.39, 0.29) is 25.7 Å². The standard InChI is InChI=1S/C19H11Cl4N3O2S/c1-11-16(19(23)26(25-11)14-4-2-3-12(20)7-14)9-15(10-24)29(27,28)18-8-13(21)5-6-17(18)22/h2-9H,1H3. The Morgan fingerprint density at radius 2 is 1.79 bits per heavy atom. The molecule has 0 bridgehead atoms. The lowest BCUT2D eigenvalue weighted by atomic mass is 10.2. The molecule has 0 aliphatic rings. The highest BCUT2D eigenvalue weighted by Gasteiger charge is 2.26. The second kappa shape index (κ2) is 8.39. The van der Waals surface area contributed by atoms with Crippen molar-refractivity contribution < 1.29 is 8.42 Å². The zero-order valence-corrected chi connectivity index (χ0v) is 18.5. The fraction of sp³-hybridized carbons (Fsp3) is 0.0526. The molecule has 5 nitrogen and oxygen atoms in total. The van der Waals surface area contributed by atoms with Crippen molar-refractivity contribution in [3.05, 3.63) is 78.8 Å². The van der Waals surface area contributed by atoms with Crippen LogP contribution in [-0.4, -0.2) is 18.2 Å². The van der Waals surface area contributed by atoms with Crippen LogP contribution in [0.25, 0.3) is 11.8 Å². The summed E-state index contributed by atoms with van der Waals surface area (Å²) >= 11 is 24.4. The predicted octanol–water partition coefficient (Wildman–Crippen LogP) is 6.13. The van der Waals surface area contributed by atoms with E-state index in [1.807, 2.05) is 0 Å². The zero-order valence-electron chi connectivity index (χ0n) is 14.7. The number of sulfone groups is 1. The van der Waals surface area contributed by atoms with Gasteiger partial charge in [-0.25, -0.2) is 13.1 Å². The van der Waals surface area contributed by atoms with Crippen molar-refractivity contribution in [1.82, 2.24) is 9.78 Å². The van der Waals surface area contributed by atoms with Crippen molar-refractivity contribution in [3.63, 3.8) is 0 Å². The van der Waals surface area contributed by atoms with Crippen molar-refractivity contribution in [2.45, 2.75) is 11.8 Å². The van der Waals surface area contributed by atoms with Crippen LogP contribution in [-0.2, 0) is 9.84 Å². The molecule has 148 valence electrons. The van der Waals surface area contributed by atoms with Crippen molar-refractivity contribution >= 4 is 62.3 Å². The van der Waals surface area contributed by atoms with Crippen LogP contribution in [0.4, 0.5) is 0 Å². The number of aromatic nitrogens is 2. The number of benzene rings is 2. The maximum absolute atomic E-state index is 13.0. The molecular weight excluding hydrogens is 476 g/mol. The van der Waals surface area contributed by atoms with Gasteiger partial charge in [0.1, 0.15) is 16.1 Å². The lowest BCUT2D eigenvalue weighted by molar-refractivity contribution is 0.603. The van der Waals surface area contributed by atoms with Crippen LogP contribution in [0.2, 0.25) is 20.2 Å². The first-order chi connectivity index (χ1) is 13.6. The Morgan fingerprint density at radius 3 is 2.45 bits per heavy atom. The summed E-state index contributed by atoms with van der Waals surface area (Å²) in [7, 11) is -4.23. The van der Waals surface area contributed by atoms with E-state index in [1.54, 1.807) is 37.3 Å². The molecule has 0 radical (unpaired) electrons. The van der Waals surface area contributed by atoms with E-state index < -0.39 is 14.7 Å². The number of nitriles is 1. The number of allylic oxidation sites excluding steroid dienone is 1. The van der Waals surface area contributed by atoms with E-state index in [0.29, 0.717) is 16.4 Å². The normalized spacial score (nSPS) is 12.1. The van der Waals surface area contributed by atoms with Gasteiger partial charge in [-0.3, -0.25) is 0 Å². The van der Waals surface area contributed by atoms with Gasteiger partial charge in [0.15, 0.2) is 0 Å². The van der Waals surface area contributed by atoms with Crippen LogP contribution in [0.5, 0.6) is 0 Å². The van der Waals surface area contributed by atoms with Crippen LogP contribution < -0.4 is 0 Å². The smallest absolute Gasteiger partial charge is 0.218 e. The number of hydrogen-bond donors (Lipinski definition) is 0. The third kappa shape index (κ3) is 4.30. The van der Waals surface area contributed by atoms with E-state index in [4.69, 9.17) is 46.4 Å². The molecule has 3 rings (SSSR count). The Bertz CT molecular complexity index is 1290. The molecule has 0 aliphatic heterocycles. The summed E-state index contributed by atoms with van der Waals surface area (Å²) in [6, 6.07) is 12.5. The molecular formula is C19H11Cl4N3O2S. The third-order valence-electron chi connectivity index (χ3n) is 3.96. The maximum atomic E-state index is 13.0. The highest BCUT2D eigenvalue weighted by atomic mass is 35.5. The first kappa shape index (κ1) is 21.7. The predicted molar refractivity (Wildman–Crippen MR) is 116 cm³/mol. The summed E-state index contributed by atoms with van der Waals surface area (Å²) in [6.45, 7) is 1.65. The molecule has 0 N–H and O–H groups in total. The highest BCUT2D eigenvalue weighted by molar-refractivity contribution is 7.95. The quantitative estimate of drug-likeness (QED) is 0.415. The molecule has 0 aliphatic carbocycles. The molecule has 0 unspecified atom stereocenters. The molecule has 0 atom stereocenters. The molecule has 1 aromatic heterocycles. The largest absolute Gasteiger partial charge is 0.221 e. The number of nitrogens with zero attached hydrogens (tertiary/aromatic N) is 3. The van der Waals surface area contributed by atoms with Gasteiger partial charge in [-0.1, -0.05) is 52.5 Å². The van der Waals surface area contributed by atoms with Gasteiger partial charge in [0.05, 0.1) is 21.3 Å². The van der Waals surface area contributed by atoms with E-state index in [1.165, 1.54) is 22.9 Å². The minimum Gasteiger partial charge on any atom is -0.221 e. The second-order valence-electron chi connectivity index (χ2n) is 5.88. The van der Waals surface area contributed by atoms with Gasteiger partial charge >= 0.3 is 0 Å². The Morgan fingerprint density at radius 1 is 1.10 bits per heavy atom. The SMILES string of the molecule is Cc1nn(-c2cccc(Cl)c2)c(Cl)c1C=C(C#N)S(=O)(=O)c1cc(Cl)ccc1Cl. The van der Waals surface area contributed by atoms with Crippen LogP contribution in [0, 0.1) is 18.3 Å². The summed E-state index contributed by atoms with van der Waals surface area (Å²) in [5, 5.41) is 14.6. The maximum Gasteiger partial charge on any atom is 0.218 e. The van der Waals surface area contributed by atoms with Gasteiger partial charge in [0.25, 0.3) is 0 Å². The average molecular weight is 487 g/mol. The molecule has 0 fully saturated rings. The molecule has 29 heavy (non-hydrogen) atoms. The first-order valence-electron chi connectivity index (χ1n) is 7.98. The van der Waals surface area contributed by atoms with E-state index in [9.17, 15) is 13.7 Å². The van der Waals surface area contributed by atoms with Crippen LogP contribution in [0.15, 0.2) is 52.3 Å². The Kier molecular flexibility index (Phi) is 6.27. The summed E-state index contributed by atoms with van der Waals surface area (Å²) in [5.74, 6) is 0. The topological polar surface area (TPSA) is 75.8 Å². The number of rotatable bonds is 4. The van der Waals surface area contributed by atoms with Crippen LogP contribution >= 0.6 is 46.4 Å². The summed E-state index contributed by atoms with van der Waals surface area (Å²) in [5.41, 5.74) is 1.30. The highest BCUT2D eigenvalue weighted by Crippen LogP contribution is 2.32. The molecule has 1 heterocycles. The lowest BCUT2D eigenvalue weighted by Gasteiger charge is -2.06. The Balaban J connectivity index is 2.16. The summed E-state index contributed by atoms with van der Waals surface area (Å²) in [4.78, 5) is -0.812. The van der Waals surface area contributed by atoms with Crippen molar-refractivity contribution in [3.8, 4) is 11.8 Å². The summed E-state index contributed by atoms with van der Waals surface area (Å²) in [6.07, 6.45) is 1.16. The molecule has 0 saturated heterocycles. The minimum atomic E-state index is -4.23. The lowest BCUT2D eigenvalue weighted by Crippen LogP contribution is -2.04. The van der Waals surface area contributed by atoms with Crippen LogP contribution in [0.3, 0.4) is 0 Å². The molecule has 10 heteroatoms. The van der Waals surface area contributed by atoms with Gasteiger partial charge in [-0.05, 0) is 49.4 Å². The first-order valence-corrected chi connectivity index (χ1v) is 11.0. The molecule has 3 aromatic rings. The van der Waals surface area contributed by atoms with Crippen molar-refractivity contribution in [2.24, 2.45) is 0 Å². The number of hydrogen-bond acceptors (Lipinski definition) is 4. The fourth-order valence-electron chi connectivity index (χ4n) is 2.56. The fourth-order valence-corrected chi connectivity index (χ4v) is 4.96. The van der Waals surface area contributed by atoms with Gasteiger partial charge in [0, 0.05) is 15.6 Å². The van der Waals surface area contributed by atoms with E-state index >= 15 is 0 Å². The van der Waals surface area contributed by atoms with Gasteiger partial charge in [-0.15, -0.1) is 0 Å². The Hall–Kier alpha value is -2.01. The molecule has 0 saturated carbocycles. The zero-order chi connectivity index (χ0) is 21.3.